The molecule has 5 heteroatoms. The van der Waals surface area contributed by atoms with Crippen molar-refractivity contribution >= 4 is 27.3 Å². The molecule has 3 rings (SSSR count). The number of thiophene rings is 1. The maximum Gasteiger partial charge on any atom is 0.197 e. The summed E-state index contributed by atoms with van der Waals surface area (Å²) in [6.07, 6.45) is 6.05. The first-order valence-corrected chi connectivity index (χ1v) is 7.06. The standard InChI is InChI=1S/C14H13N3OS/c1-2-4-17-9-11(8-16-17)14(18)10-6-13-12(15-7-10)3-5-19-13/h3,5-9H,2,4H2,1H3. The molecule has 3 aromatic heterocycles. The van der Waals surface area contributed by atoms with Crippen LogP contribution in [0.5, 0.6) is 0 Å². The first-order chi connectivity index (χ1) is 9.28. The molecule has 0 fully saturated rings. The molecule has 3 heterocycles. The van der Waals surface area contributed by atoms with Crippen LogP contribution in [0.2, 0.25) is 0 Å². The quantitative estimate of drug-likeness (QED) is 0.685. The summed E-state index contributed by atoms with van der Waals surface area (Å²) in [7, 11) is 0. The Labute approximate surface area is 114 Å². The molecule has 0 N–H and O–H groups in total. The van der Waals surface area contributed by atoms with Crippen molar-refractivity contribution in [3.05, 3.63) is 47.2 Å². The molecule has 0 unspecified atom stereocenters. The second kappa shape index (κ2) is 4.93. The molecule has 0 spiro atoms. The minimum absolute atomic E-state index is 0.0230. The molecule has 0 aliphatic carbocycles. The Morgan fingerprint density at radius 3 is 3.11 bits per heavy atom. The third kappa shape index (κ3) is 2.29. The van der Waals surface area contributed by atoms with Gasteiger partial charge in [-0.2, -0.15) is 5.10 Å². The lowest BCUT2D eigenvalue weighted by Crippen LogP contribution is -2.01. The molecule has 19 heavy (non-hydrogen) atoms. The van der Waals surface area contributed by atoms with Gasteiger partial charge >= 0.3 is 0 Å². The summed E-state index contributed by atoms with van der Waals surface area (Å²) >= 11 is 1.59. The van der Waals surface area contributed by atoms with Gasteiger partial charge < -0.3 is 0 Å². The van der Waals surface area contributed by atoms with Crippen LogP contribution < -0.4 is 0 Å². The van der Waals surface area contributed by atoms with Gasteiger partial charge in [-0.3, -0.25) is 14.5 Å². The van der Waals surface area contributed by atoms with Gasteiger partial charge in [0.2, 0.25) is 0 Å². The van der Waals surface area contributed by atoms with E-state index in [9.17, 15) is 4.79 Å². The van der Waals surface area contributed by atoms with Crippen molar-refractivity contribution in [2.24, 2.45) is 0 Å². The molecule has 0 amide bonds. The monoisotopic (exact) mass is 271 g/mol. The fourth-order valence-corrected chi connectivity index (χ4v) is 2.75. The van der Waals surface area contributed by atoms with E-state index in [1.807, 2.05) is 17.5 Å². The van der Waals surface area contributed by atoms with E-state index >= 15 is 0 Å². The lowest BCUT2D eigenvalue weighted by Gasteiger charge is -1.98. The van der Waals surface area contributed by atoms with E-state index in [0.717, 1.165) is 23.2 Å². The number of nitrogens with zero attached hydrogens (tertiary/aromatic N) is 3. The van der Waals surface area contributed by atoms with E-state index < -0.39 is 0 Å². The molecule has 0 saturated heterocycles. The Balaban J connectivity index is 1.93. The second-order valence-corrected chi connectivity index (χ2v) is 5.30. The number of rotatable bonds is 4. The van der Waals surface area contributed by atoms with E-state index in [1.165, 1.54) is 0 Å². The van der Waals surface area contributed by atoms with Crippen LogP contribution in [-0.2, 0) is 6.54 Å². The number of carbonyl (C=O) groups excluding carboxylic acids is 1. The topological polar surface area (TPSA) is 47.8 Å². The molecule has 0 bridgehead atoms. The Morgan fingerprint density at radius 2 is 2.26 bits per heavy atom. The number of aryl methyl sites for hydroxylation is 1. The van der Waals surface area contributed by atoms with Gasteiger partial charge in [0.05, 0.1) is 22.0 Å². The number of carbonyl (C=O) groups is 1. The predicted octanol–water partition coefficient (Wildman–Crippen LogP) is 3.13. The van der Waals surface area contributed by atoms with Crippen LogP contribution >= 0.6 is 11.3 Å². The zero-order chi connectivity index (χ0) is 13.2. The number of pyridine rings is 1. The zero-order valence-electron chi connectivity index (χ0n) is 10.5. The van der Waals surface area contributed by atoms with Crippen LogP contribution in [0.1, 0.15) is 29.3 Å². The molecular weight excluding hydrogens is 258 g/mol. The molecule has 96 valence electrons. The molecule has 3 aromatic rings. The summed E-state index contributed by atoms with van der Waals surface area (Å²) in [5, 5.41) is 6.16. The average molecular weight is 271 g/mol. The van der Waals surface area contributed by atoms with E-state index in [0.29, 0.717) is 11.1 Å². The number of hydrogen-bond acceptors (Lipinski definition) is 4. The highest BCUT2D eigenvalue weighted by molar-refractivity contribution is 7.17. The van der Waals surface area contributed by atoms with Crippen LogP contribution in [0, 0.1) is 0 Å². The summed E-state index contributed by atoms with van der Waals surface area (Å²) in [6, 6.07) is 3.85. The summed E-state index contributed by atoms with van der Waals surface area (Å²) in [6.45, 7) is 2.91. The highest BCUT2D eigenvalue weighted by Crippen LogP contribution is 2.20. The van der Waals surface area contributed by atoms with E-state index in [1.54, 1.807) is 34.6 Å². The van der Waals surface area contributed by atoms with Gasteiger partial charge in [-0.1, -0.05) is 6.92 Å². The highest BCUT2D eigenvalue weighted by atomic mass is 32.1. The van der Waals surface area contributed by atoms with Gasteiger partial charge in [0.25, 0.3) is 0 Å². The van der Waals surface area contributed by atoms with Gasteiger partial charge in [0.1, 0.15) is 0 Å². The van der Waals surface area contributed by atoms with Gasteiger partial charge in [-0.05, 0) is 23.9 Å². The van der Waals surface area contributed by atoms with Gasteiger partial charge in [-0.25, -0.2) is 0 Å². The van der Waals surface area contributed by atoms with Gasteiger partial charge in [0, 0.05) is 24.5 Å². The van der Waals surface area contributed by atoms with Crippen molar-refractivity contribution in [2.75, 3.05) is 0 Å². The van der Waals surface area contributed by atoms with Crippen molar-refractivity contribution in [1.82, 2.24) is 14.8 Å². The smallest absolute Gasteiger partial charge is 0.197 e. The molecule has 0 aliphatic heterocycles. The number of hydrogen-bond donors (Lipinski definition) is 0. The largest absolute Gasteiger partial charge is 0.288 e. The maximum atomic E-state index is 12.3. The van der Waals surface area contributed by atoms with Crippen LogP contribution in [0.3, 0.4) is 0 Å². The third-order valence-corrected chi connectivity index (χ3v) is 3.77. The minimum atomic E-state index is -0.0230. The first-order valence-electron chi connectivity index (χ1n) is 6.18. The van der Waals surface area contributed by atoms with Gasteiger partial charge in [-0.15, -0.1) is 11.3 Å². The third-order valence-electron chi connectivity index (χ3n) is 2.91. The van der Waals surface area contributed by atoms with E-state index in [-0.39, 0.29) is 5.78 Å². The Kier molecular flexibility index (Phi) is 3.13. The van der Waals surface area contributed by atoms with Crippen LogP contribution in [0.15, 0.2) is 36.1 Å². The lowest BCUT2D eigenvalue weighted by atomic mass is 10.1. The molecule has 0 atom stereocenters. The molecular formula is C14H13N3OS. The fourth-order valence-electron chi connectivity index (χ4n) is 1.97. The van der Waals surface area contributed by atoms with Crippen molar-refractivity contribution in [3.63, 3.8) is 0 Å². The summed E-state index contributed by atoms with van der Waals surface area (Å²) in [4.78, 5) is 16.6. The molecule has 0 aromatic carbocycles. The SMILES string of the molecule is CCCn1cc(C(=O)c2cnc3ccsc3c2)cn1. The molecule has 0 radical (unpaired) electrons. The first kappa shape index (κ1) is 12.0. The number of aromatic nitrogens is 3. The van der Waals surface area contributed by atoms with Crippen molar-refractivity contribution in [2.45, 2.75) is 19.9 Å². The summed E-state index contributed by atoms with van der Waals surface area (Å²) < 4.78 is 2.83. The Hall–Kier alpha value is -2.01. The summed E-state index contributed by atoms with van der Waals surface area (Å²) in [5.41, 5.74) is 2.17. The van der Waals surface area contributed by atoms with Crippen LogP contribution in [-0.4, -0.2) is 20.5 Å². The van der Waals surface area contributed by atoms with Crippen molar-refractivity contribution in [3.8, 4) is 0 Å². The number of ketones is 1. The predicted molar refractivity (Wildman–Crippen MR) is 75.6 cm³/mol. The fraction of sp³-hybridized carbons (Fsp3) is 0.214. The van der Waals surface area contributed by atoms with E-state index in [2.05, 4.69) is 17.0 Å². The van der Waals surface area contributed by atoms with Crippen molar-refractivity contribution in [1.29, 1.82) is 0 Å². The Bertz CT molecular complexity index is 729. The van der Waals surface area contributed by atoms with Crippen molar-refractivity contribution < 1.29 is 4.79 Å². The highest BCUT2D eigenvalue weighted by Gasteiger charge is 2.12. The van der Waals surface area contributed by atoms with E-state index in [4.69, 9.17) is 0 Å². The van der Waals surface area contributed by atoms with Crippen LogP contribution in [0.4, 0.5) is 0 Å². The molecule has 0 saturated carbocycles. The lowest BCUT2D eigenvalue weighted by molar-refractivity contribution is 0.103. The molecule has 0 aliphatic rings. The second-order valence-electron chi connectivity index (χ2n) is 4.35. The molecule has 4 nitrogen and oxygen atoms in total. The van der Waals surface area contributed by atoms with Gasteiger partial charge in [0.15, 0.2) is 5.78 Å². The minimum Gasteiger partial charge on any atom is -0.288 e. The number of fused-ring (bicyclic) bond motifs is 1. The summed E-state index contributed by atoms with van der Waals surface area (Å²) in [5.74, 6) is -0.0230. The normalized spacial score (nSPS) is 11.0. The Morgan fingerprint density at radius 1 is 1.37 bits per heavy atom. The van der Waals surface area contributed by atoms with Crippen LogP contribution in [0.25, 0.3) is 10.2 Å². The zero-order valence-corrected chi connectivity index (χ0v) is 11.4. The average Bonchev–Trinajstić information content (AvgIpc) is 3.05. The maximum absolute atomic E-state index is 12.3.